The molecule has 0 bridgehead atoms. The van der Waals surface area contributed by atoms with Gasteiger partial charge in [0.15, 0.2) is 0 Å². The fraction of sp³-hybridized carbons (Fsp3) is 0. The van der Waals surface area contributed by atoms with Gasteiger partial charge >= 0.3 is 0 Å². The topological polar surface area (TPSA) is 240 Å². The van der Waals surface area contributed by atoms with Gasteiger partial charge in [0.1, 0.15) is 77.4 Å². The molecule has 0 unspecified atom stereocenters. The average Bonchev–Trinajstić information content (AvgIpc) is 3.58. The summed E-state index contributed by atoms with van der Waals surface area (Å²) < 4.78 is 45.6. The zero-order chi connectivity index (χ0) is 34.2. The second-order valence-corrected chi connectivity index (χ2v) is 9.31. The van der Waals surface area contributed by atoms with Gasteiger partial charge in [-0.2, -0.15) is 56.7 Å². The first-order valence-electron chi connectivity index (χ1n) is 12.5. The number of rotatable bonds is 2. The van der Waals surface area contributed by atoms with Crippen LogP contribution in [0.15, 0.2) is 35.5 Å². The Morgan fingerprint density at radius 1 is 0.553 bits per heavy atom. The third kappa shape index (κ3) is 4.21. The van der Waals surface area contributed by atoms with E-state index in [4.69, 9.17) is 10.5 Å². The predicted octanol–water partition coefficient (Wildman–Crippen LogP) is 5.01. The van der Waals surface area contributed by atoms with Crippen molar-refractivity contribution in [1.82, 2.24) is 9.97 Å². The van der Waals surface area contributed by atoms with Crippen molar-refractivity contribution in [2.24, 2.45) is 0 Å². The summed E-state index contributed by atoms with van der Waals surface area (Å²) in [4.78, 5) is 7.13. The predicted molar refractivity (Wildman–Crippen MR) is 150 cm³/mol. The SMILES string of the molecule is N#CC(C#N)=C1C(c2cc(F)c(C#N)cc2F)=C(C#N)c2c1cc1c(c2C#N)C(=C(C#N)C#N)C(c2cnc(C#N)nc2F)=C1C#N. The quantitative estimate of drug-likeness (QED) is 0.275. The third-order valence-electron chi connectivity index (χ3n) is 7.21. The highest BCUT2D eigenvalue weighted by molar-refractivity contribution is 6.31. The molecule has 2 aromatic carbocycles. The molecule has 0 saturated heterocycles. The molecule has 0 atom stereocenters. The number of fused-ring (bicyclic) bond motifs is 2. The minimum atomic E-state index is -1.32. The van der Waals surface area contributed by atoms with E-state index in [0.717, 1.165) is 12.3 Å². The fourth-order valence-corrected chi connectivity index (χ4v) is 5.43. The van der Waals surface area contributed by atoms with Gasteiger partial charge in [-0.3, -0.25) is 0 Å². The number of hydrogen-bond acceptors (Lipinski definition) is 11. The second-order valence-electron chi connectivity index (χ2n) is 9.31. The maximum atomic E-state index is 15.5. The summed E-state index contributed by atoms with van der Waals surface area (Å²) in [5, 5.41) is 88.9. The van der Waals surface area contributed by atoms with Crippen LogP contribution in [0, 0.1) is 120 Å². The molecule has 0 amide bonds. The Morgan fingerprint density at radius 3 is 1.70 bits per heavy atom. The molecule has 5 rings (SSSR count). The number of benzene rings is 2. The van der Waals surface area contributed by atoms with Gasteiger partial charge in [-0.25, -0.2) is 13.8 Å². The molecule has 47 heavy (non-hydrogen) atoms. The molecule has 2 aliphatic carbocycles. The summed E-state index contributed by atoms with van der Waals surface area (Å²) >= 11 is 0. The van der Waals surface area contributed by atoms with Crippen LogP contribution in [0.5, 0.6) is 0 Å². The van der Waals surface area contributed by atoms with E-state index in [1.807, 2.05) is 12.1 Å². The molecule has 0 saturated carbocycles. The number of aromatic nitrogens is 2. The van der Waals surface area contributed by atoms with E-state index in [9.17, 15) is 41.2 Å². The maximum absolute atomic E-state index is 15.5. The molecule has 2 aliphatic rings. The molecule has 3 aromatic rings. The first-order chi connectivity index (χ1) is 22.7. The first-order valence-corrected chi connectivity index (χ1v) is 12.5. The van der Waals surface area contributed by atoms with Crippen LogP contribution in [-0.4, -0.2) is 9.97 Å². The van der Waals surface area contributed by atoms with E-state index in [0.29, 0.717) is 12.1 Å². The van der Waals surface area contributed by atoms with Crippen LogP contribution in [-0.2, 0) is 0 Å². The lowest BCUT2D eigenvalue weighted by molar-refractivity contribution is 0.573. The number of allylic oxidation sites excluding steroid dienone is 8. The van der Waals surface area contributed by atoms with Gasteiger partial charge in [0, 0.05) is 50.7 Å². The maximum Gasteiger partial charge on any atom is 0.234 e. The molecule has 0 spiro atoms. The van der Waals surface area contributed by atoms with Gasteiger partial charge in [-0.15, -0.1) is 0 Å². The van der Waals surface area contributed by atoms with Crippen molar-refractivity contribution in [1.29, 1.82) is 47.4 Å². The van der Waals surface area contributed by atoms with E-state index in [1.165, 1.54) is 12.1 Å². The van der Waals surface area contributed by atoms with Crippen LogP contribution in [0.4, 0.5) is 13.2 Å². The Bertz CT molecular complexity index is 2560. The smallest absolute Gasteiger partial charge is 0.227 e. The molecule has 212 valence electrons. The van der Waals surface area contributed by atoms with Gasteiger partial charge in [-0.05, 0) is 23.8 Å². The molecule has 0 aliphatic heterocycles. The zero-order valence-electron chi connectivity index (χ0n) is 22.9. The normalized spacial score (nSPS) is 12.1. The molecule has 1 heterocycles. The highest BCUT2D eigenvalue weighted by atomic mass is 19.1. The van der Waals surface area contributed by atoms with Gasteiger partial charge in [0.2, 0.25) is 11.8 Å². The van der Waals surface area contributed by atoms with Gasteiger partial charge < -0.3 is 0 Å². The summed E-state index contributed by atoms with van der Waals surface area (Å²) in [5.74, 6) is -4.32. The average molecular weight is 611 g/mol. The Morgan fingerprint density at radius 2 is 1.17 bits per heavy atom. The largest absolute Gasteiger partial charge is 0.234 e. The molecule has 14 heteroatoms. The van der Waals surface area contributed by atoms with E-state index in [-0.39, 0.29) is 22.3 Å². The minimum absolute atomic E-state index is 0.211. The summed E-state index contributed by atoms with van der Waals surface area (Å²) in [6, 6.07) is 17.2. The lowest BCUT2D eigenvalue weighted by Crippen LogP contribution is -2.02. The molecule has 0 fully saturated rings. The molecular formula is C33H4F3N11. The van der Waals surface area contributed by atoms with E-state index in [2.05, 4.69) is 9.97 Å². The van der Waals surface area contributed by atoms with E-state index in [1.54, 1.807) is 30.3 Å². The van der Waals surface area contributed by atoms with E-state index >= 15 is 8.78 Å². The zero-order valence-corrected chi connectivity index (χ0v) is 22.9. The Labute approximate surface area is 261 Å². The number of halogens is 3. The highest BCUT2D eigenvalue weighted by Gasteiger charge is 2.41. The third-order valence-corrected chi connectivity index (χ3v) is 7.21. The molecule has 11 nitrogen and oxygen atoms in total. The van der Waals surface area contributed by atoms with Crippen LogP contribution in [0.1, 0.15) is 50.3 Å². The fourth-order valence-electron chi connectivity index (χ4n) is 5.43. The van der Waals surface area contributed by atoms with Gasteiger partial charge in [0.05, 0.1) is 27.8 Å². The van der Waals surface area contributed by atoms with Gasteiger partial charge in [0.25, 0.3) is 0 Å². The van der Waals surface area contributed by atoms with Crippen molar-refractivity contribution in [3.63, 3.8) is 0 Å². The molecule has 0 N–H and O–H groups in total. The summed E-state index contributed by atoms with van der Waals surface area (Å²) in [6.07, 6.45) is 0.835. The number of hydrogen-bond donors (Lipinski definition) is 0. The van der Waals surface area contributed by atoms with Crippen molar-refractivity contribution >= 4 is 33.4 Å². The van der Waals surface area contributed by atoms with Crippen molar-refractivity contribution in [2.75, 3.05) is 0 Å². The van der Waals surface area contributed by atoms with Crippen LogP contribution in [0.3, 0.4) is 0 Å². The van der Waals surface area contributed by atoms with Crippen molar-refractivity contribution < 1.29 is 13.2 Å². The monoisotopic (exact) mass is 611 g/mol. The molecule has 1 aromatic heterocycles. The Kier molecular flexibility index (Phi) is 7.31. The lowest BCUT2D eigenvalue weighted by atomic mass is 9.86. The first kappa shape index (κ1) is 30.1. The van der Waals surface area contributed by atoms with E-state index < -0.39 is 90.2 Å². The van der Waals surface area contributed by atoms with Crippen LogP contribution in [0.2, 0.25) is 0 Å². The Hall–Kier alpha value is -8.32. The van der Waals surface area contributed by atoms with Crippen LogP contribution < -0.4 is 0 Å². The number of nitriles is 9. The van der Waals surface area contributed by atoms with Gasteiger partial charge in [-0.1, -0.05) is 0 Å². The Balaban J connectivity index is 2.03. The molecule has 0 radical (unpaired) electrons. The number of nitrogens with zero attached hydrogens (tertiary/aromatic N) is 11. The molecular weight excluding hydrogens is 607 g/mol. The standard InChI is InChI=1S/C33H4F3N11/c34-24-3-18(25(35)1-14(24)4-37)31-22(11-44)29-19(27(31)15(5-38)6-39)2-17-20(9-42)32(23-13-46-26(12-45)47-33(23)36)28(16(7-40)8-41)30(17)21(29)10-43/h1-3,13H. The minimum Gasteiger partial charge on any atom is -0.227 e. The second kappa shape index (κ2) is 11.4. The van der Waals surface area contributed by atoms with Crippen molar-refractivity contribution in [3.05, 3.63) is 103 Å². The summed E-state index contributed by atoms with van der Waals surface area (Å²) in [7, 11) is 0. The summed E-state index contributed by atoms with van der Waals surface area (Å²) in [5.41, 5.74) is -7.54. The lowest BCUT2D eigenvalue weighted by Gasteiger charge is -2.13. The summed E-state index contributed by atoms with van der Waals surface area (Å²) in [6.45, 7) is 0. The highest BCUT2D eigenvalue weighted by Crippen LogP contribution is 2.56. The van der Waals surface area contributed by atoms with Crippen LogP contribution >= 0.6 is 0 Å². The van der Waals surface area contributed by atoms with Crippen LogP contribution in [0.25, 0.3) is 33.4 Å². The van der Waals surface area contributed by atoms with Crippen molar-refractivity contribution in [3.8, 4) is 54.6 Å². The van der Waals surface area contributed by atoms with Crippen molar-refractivity contribution in [2.45, 2.75) is 0 Å².